The number of nitrogens with one attached hydrogen (secondary N) is 1. The van der Waals surface area contributed by atoms with Gasteiger partial charge in [-0.15, -0.1) is 0 Å². The molecule has 156 valence electrons. The number of nitriles is 1. The number of nitrogens with zero attached hydrogens (tertiary/aromatic N) is 2. The van der Waals surface area contributed by atoms with E-state index in [2.05, 4.69) is 56.2 Å². The summed E-state index contributed by atoms with van der Waals surface area (Å²) in [6.45, 7) is 10.6. The van der Waals surface area contributed by atoms with Gasteiger partial charge in [0.2, 0.25) is 0 Å². The summed E-state index contributed by atoms with van der Waals surface area (Å²) < 4.78 is 0. The molecule has 1 unspecified atom stereocenters. The average Bonchev–Trinajstić information content (AvgIpc) is 2.67. The number of fused-ring (bicyclic) bond motifs is 1. The van der Waals surface area contributed by atoms with E-state index in [1.165, 1.54) is 11.3 Å². The van der Waals surface area contributed by atoms with Crippen molar-refractivity contribution in [2.75, 3.05) is 17.3 Å². The Labute approximate surface area is 184 Å². The van der Waals surface area contributed by atoms with E-state index in [0.717, 1.165) is 23.1 Å². The van der Waals surface area contributed by atoms with Gasteiger partial charge in [0, 0.05) is 29.0 Å². The van der Waals surface area contributed by atoms with E-state index < -0.39 is 5.91 Å². The van der Waals surface area contributed by atoms with Crippen LogP contribution in [-0.4, -0.2) is 18.5 Å². The zero-order chi connectivity index (χ0) is 22.2. The number of hydrogen-bond acceptors (Lipinski definition) is 3. The molecule has 2 aromatic rings. The largest absolute Gasteiger partial charge is 0.369 e. The Morgan fingerprint density at radius 1 is 1.27 bits per heavy atom. The second-order valence-corrected chi connectivity index (χ2v) is 9.26. The van der Waals surface area contributed by atoms with Gasteiger partial charge in [-0.25, -0.2) is 0 Å². The highest BCUT2D eigenvalue weighted by Gasteiger charge is 2.34. The average molecular weight is 422 g/mol. The van der Waals surface area contributed by atoms with Gasteiger partial charge in [-0.05, 0) is 92.6 Å². The fraction of sp³-hybridized carbons (Fsp3) is 0.360. The van der Waals surface area contributed by atoms with Crippen LogP contribution < -0.4 is 10.2 Å². The minimum atomic E-state index is -0.439. The summed E-state index contributed by atoms with van der Waals surface area (Å²) in [5.41, 5.74) is 6.02. The van der Waals surface area contributed by atoms with Crippen LogP contribution in [0.2, 0.25) is 5.02 Å². The van der Waals surface area contributed by atoms with E-state index in [4.69, 9.17) is 11.6 Å². The molecule has 4 nitrogen and oxygen atoms in total. The van der Waals surface area contributed by atoms with Gasteiger partial charge in [-0.3, -0.25) is 4.79 Å². The Bertz CT molecular complexity index is 1080. The van der Waals surface area contributed by atoms with Crippen LogP contribution in [0.4, 0.5) is 11.4 Å². The molecule has 1 N–H and O–H groups in total. The standard InChI is InChI=1S/C25H28ClN3O/c1-15-7-8-20(26)12-22(15)28-24(30)19(14-27)10-18-11-21-17(3)13-25(4,5)29(6)23(21)9-16(18)2/h7-12,17H,13H2,1-6H3,(H,28,30)/b19-10-. The molecule has 0 radical (unpaired) electrons. The number of benzene rings is 2. The molecule has 5 heteroatoms. The number of halogens is 1. The summed E-state index contributed by atoms with van der Waals surface area (Å²) in [6.07, 6.45) is 2.72. The second-order valence-electron chi connectivity index (χ2n) is 8.83. The Morgan fingerprint density at radius 3 is 2.63 bits per heavy atom. The van der Waals surface area contributed by atoms with Crippen molar-refractivity contribution >= 4 is 35.0 Å². The van der Waals surface area contributed by atoms with Crippen LogP contribution in [0.1, 0.15) is 55.4 Å². The maximum absolute atomic E-state index is 12.8. The van der Waals surface area contributed by atoms with Gasteiger partial charge in [-0.2, -0.15) is 5.26 Å². The number of carbonyl (C=O) groups excluding carboxylic acids is 1. The van der Waals surface area contributed by atoms with Crippen molar-refractivity contribution in [3.63, 3.8) is 0 Å². The number of aryl methyl sites for hydroxylation is 2. The molecule has 1 atom stereocenters. The number of amides is 1. The minimum absolute atomic E-state index is 0.0644. The van der Waals surface area contributed by atoms with E-state index >= 15 is 0 Å². The zero-order valence-electron chi connectivity index (χ0n) is 18.4. The molecule has 0 aromatic heterocycles. The first-order chi connectivity index (χ1) is 14.0. The van der Waals surface area contributed by atoms with Gasteiger partial charge in [0.15, 0.2) is 0 Å². The van der Waals surface area contributed by atoms with Crippen molar-refractivity contribution in [2.24, 2.45) is 0 Å². The summed E-state index contributed by atoms with van der Waals surface area (Å²) in [5.74, 6) is -0.0429. The van der Waals surface area contributed by atoms with Crippen LogP contribution >= 0.6 is 11.6 Å². The first-order valence-electron chi connectivity index (χ1n) is 10.1. The normalized spacial score (nSPS) is 17.9. The van der Waals surface area contributed by atoms with Gasteiger partial charge in [0.25, 0.3) is 5.91 Å². The van der Waals surface area contributed by atoms with Gasteiger partial charge >= 0.3 is 0 Å². The van der Waals surface area contributed by atoms with Gasteiger partial charge in [0.05, 0.1) is 0 Å². The maximum Gasteiger partial charge on any atom is 0.266 e. The monoisotopic (exact) mass is 421 g/mol. The lowest BCUT2D eigenvalue weighted by Gasteiger charge is -2.45. The highest BCUT2D eigenvalue weighted by molar-refractivity contribution is 6.31. The van der Waals surface area contributed by atoms with Crippen LogP contribution in [0.3, 0.4) is 0 Å². The van der Waals surface area contributed by atoms with Crippen molar-refractivity contribution < 1.29 is 4.79 Å². The Morgan fingerprint density at radius 2 is 1.97 bits per heavy atom. The molecule has 3 rings (SSSR count). The molecule has 0 saturated carbocycles. The predicted molar refractivity (Wildman–Crippen MR) is 125 cm³/mol. The molecular formula is C25H28ClN3O. The lowest BCUT2D eigenvalue weighted by atomic mass is 9.79. The number of anilines is 2. The Kier molecular flexibility index (Phi) is 5.97. The molecule has 0 bridgehead atoms. The first-order valence-corrected chi connectivity index (χ1v) is 10.5. The number of rotatable bonds is 3. The highest BCUT2D eigenvalue weighted by Crippen LogP contribution is 2.43. The molecule has 1 aliphatic heterocycles. The van der Waals surface area contributed by atoms with E-state index in [1.54, 1.807) is 18.2 Å². The first kappa shape index (κ1) is 21.9. The van der Waals surface area contributed by atoms with Gasteiger partial charge in [0.1, 0.15) is 11.6 Å². The highest BCUT2D eigenvalue weighted by atomic mass is 35.5. The number of hydrogen-bond donors (Lipinski definition) is 1. The van der Waals surface area contributed by atoms with Crippen molar-refractivity contribution in [1.29, 1.82) is 5.26 Å². The molecule has 1 aliphatic rings. The summed E-state index contributed by atoms with van der Waals surface area (Å²) in [4.78, 5) is 15.1. The fourth-order valence-electron chi connectivity index (χ4n) is 4.11. The molecule has 0 spiro atoms. The van der Waals surface area contributed by atoms with E-state index in [9.17, 15) is 10.1 Å². The van der Waals surface area contributed by atoms with Crippen molar-refractivity contribution in [2.45, 2.75) is 52.5 Å². The van der Waals surface area contributed by atoms with Crippen LogP contribution in [0, 0.1) is 25.2 Å². The third kappa shape index (κ3) is 4.22. The molecule has 0 saturated heterocycles. The minimum Gasteiger partial charge on any atom is -0.369 e. The third-order valence-corrected chi connectivity index (χ3v) is 6.37. The topological polar surface area (TPSA) is 56.1 Å². The molecule has 0 fully saturated rings. The van der Waals surface area contributed by atoms with Crippen LogP contribution in [0.25, 0.3) is 6.08 Å². The molecule has 1 amide bonds. The zero-order valence-corrected chi connectivity index (χ0v) is 19.2. The predicted octanol–water partition coefficient (Wildman–Crippen LogP) is 6.22. The summed E-state index contributed by atoms with van der Waals surface area (Å²) >= 11 is 6.04. The van der Waals surface area contributed by atoms with Crippen LogP contribution in [-0.2, 0) is 4.79 Å². The van der Waals surface area contributed by atoms with Gasteiger partial charge in [-0.1, -0.05) is 24.6 Å². The summed E-state index contributed by atoms with van der Waals surface area (Å²) in [7, 11) is 2.13. The summed E-state index contributed by atoms with van der Waals surface area (Å²) in [5, 5.41) is 13.0. The molecular weight excluding hydrogens is 394 g/mol. The van der Waals surface area contributed by atoms with Crippen molar-refractivity contribution in [3.05, 3.63) is 63.2 Å². The van der Waals surface area contributed by atoms with Crippen molar-refractivity contribution in [3.8, 4) is 6.07 Å². The Hall–Kier alpha value is -2.77. The quantitative estimate of drug-likeness (QED) is 0.472. The SMILES string of the molecule is Cc1cc2c(cc1/C=C(/C#N)C(=O)Nc1cc(Cl)ccc1C)C(C)CC(C)(C)N2C. The smallest absolute Gasteiger partial charge is 0.266 e. The van der Waals surface area contributed by atoms with Gasteiger partial charge < -0.3 is 10.2 Å². The van der Waals surface area contributed by atoms with Crippen LogP contribution in [0.5, 0.6) is 0 Å². The fourth-order valence-corrected chi connectivity index (χ4v) is 4.28. The molecule has 30 heavy (non-hydrogen) atoms. The summed E-state index contributed by atoms with van der Waals surface area (Å²) in [6, 6.07) is 11.6. The lowest BCUT2D eigenvalue weighted by molar-refractivity contribution is -0.112. The van der Waals surface area contributed by atoms with Crippen molar-refractivity contribution in [1.82, 2.24) is 0 Å². The molecule has 1 heterocycles. The van der Waals surface area contributed by atoms with E-state index in [0.29, 0.717) is 16.6 Å². The lowest BCUT2D eigenvalue weighted by Crippen LogP contribution is -2.45. The third-order valence-electron chi connectivity index (χ3n) is 6.13. The number of carbonyl (C=O) groups is 1. The molecule has 2 aromatic carbocycles. The van der Waals surface area contributed by atoms with E-state index in [1.807, 2.05) is 19.9 Å². The Balaban J connectivity index is 1.97. The maximum atomic E-state index is 12.8. The molecule has 0 aliphatic carbocycles. The van der Waals surface area contributed by atoms with Crippen LogP contribution in [0.15, 0.2) is 35.9 Å². The second kappa shape index (κ2) is 8.16. The van der Waals surface area contributed by atoms with E-state index in [-0.39, 0.29) is 11.1 Å².